The van der Waals surface area contributed by atoms with Crippen LogP contribution in [-0.2, 0) is 0 Å². The van der Waals surface area contributed by atoms with Crippen molar-refractivity contribution in [1.29, 1.82) is 0 Å². The van der Waals surface area contributed by atoms with Crippen molar-refractivity contribution in [3.05, 3.63) is 139 Å². The molecule has 2 heteroatoms. The molecule has 0 N–H and O–H groups in total. The van der Waals surface area contributed by atoms with E-state index in [1.165, 1.54) is 60.1 Å². The first kappa shape index (κ1) is 23.0. The minimum Gasteiger partial charge on any atom is -0.294 e. The van der Waals surface area contributed by atoms with Crippen LogP contribution in [0, 0.1) is 5.92 Å². The van der Waals surface area contributed by atoms with Crippen LogP contribution in [0.1, 0.15) is 19.0 Å². The van der Waals surface area contributed by atoms with E-state index >= 15 is 0 Å². The maximum atomic E-state index is 5.35. The van der Waals surface area contributed by atoms with Gasteiger partial charge in [0.15, 0.2) is 0 Å². The zero-order valence-corrected chi connectivity index (χ0v) is 22.4. The number of allylic oxidation sites excluding steroid dienone is 4. The van der Waals surface area contributed by atoms with E-state index in [9.17, 15) is 0 Å². The third-order valence-electron chi connectivity index (χ3n) is 8.30. The minimum absolute atomic E-state index is 0.555. The van der Waals surface area contributed by atoms with Gasteiger partial charge in [-0.1, -0.05) is 116 Å². The number of benzene rings is 5. The summed E-state index contributed by atoms with van der Waals surface area (Å²) in [6.07, 6.45) is 7.90. The van der Waals surface area contributed by atoms with E-state index in [2.05, 4.69) is 145 Å². The molecule has 1 atom stereocenters. The summed E-state index contributed by atoms with van der Waals surface area (Å²) in [6.45, 7) is 2.26. The van der Waals surface area contributed by atoms with Gasteiger partial charge in [-0.05, 0) is 74.8 Å². The number of pyridine rings is 1. The van der Waals surface area contributed by atoms with Crippen LogP contribution in [0.25, 0.3) is 65.9 Å². The molecule has 0 bridgehead atoms. The molecule has 190 valence electrons. The smallest absolute Gasteiger partial charge is 0.138 e. The standard InChI is InChI=1S/C38H28N2/c1-25-15-17-29(18-16-25)33-23-30(26-9-3-2-4-10-26)24-36(39-33)40-34-21-19-27-11-5-7-13-31(27)37(34)38-32-14-8-6-12-28(32)20-22-35(38)40/h2-15,17-25H,16H2,1H3. The third-order valence-corrected chi connectivity index (χ3v) is 8.30. The number of hydrogen-bond acceptors (Lipinski definition) is 1. The topological polar surface area (TPSA) is 17.8 Å². The molecule has 0 spiro atoms. The van der Waals surface area contributed by atoms with Crippen molar-refractivity contribution in [3.63, 3.8) is 0 Å². The van der Waals surface area contributed by atoms with Crippen molar-refractivity contribution < 1.29 is 0 Å². The number of rotatable bonds is 3. The summed E-state index contributed by atoms with van der Waals surface area (Å²) in [5.74, 6) is 1.49. The molecular weight excluding hydrogens is 484 g/mol. The molecule has 1 aliphatic carbocycles. The molecule has 8 rings (SSSR count). The van der Waals surface area contributed by atoms with E-state index in [1.54, 1.807) is 0 Å². The molecule has 2 heterocycles. The average Bonchev–Trinajstić information content (AvgIpc) is 3.37. The van der Waals surface area contributed by atoms with Gasteiger partial charge in [0.05, 0.1) is 16.7 Å². The molecule has 2 nitrogen and oxygen atoms in total. The van der Waals surface area contributed by atoms with Gasteiger partial charge >= 0.3 is 0 Å². The van der Waals surface area contributed by atoms with Crippen LogP contribution in [0.2, 0.25) is 0 Å². The predicted molar refractivity (Wildman–Crippen MR) is 170 cm³/mol. The second kappa shape index (κ2) is 9.07. The van der Waals surface area contributed by atoms with Crippen molar-refractivity contribution in [1.82, 2.24) is 9.55 Å². The van der Waals surface area contributed by atoms with E-state index in [0.29, 0.717) is 5.92 Å². The first-order valence-electron chi connectivity index (χ1n) is 14.0. The van der Waals surface area contributed by atoms with Crippen molar-refractivity contribution in [3.8, 4) is 16.9 Å². The number of fused-ring (bicyclic) bond motifs is 7. The van der Waals surface area contributed by atoms with E-state index in [0.717, 1.165) is 17.9 Å². The Balaban J connectivity index is 1.50. The van der Waals surface area contributed by atoms with Crippen LogP contribution < -0.4 is 0 Å². The Bertz CT molecular complexity index is 2050. The third kappa shape index (κ3) is 3.60. The van der Waals surface area contributed by atoms with Crippen LogP contribution in [0.15, 0.2) is 133 Å². The van der Waals surface area contributed by atoms with E-state index in [-0.39, 0.29) is 0 Å². The van der Waals surface area contributed by atoms with Crippen molar-refractivity contribution >= 4 is 48.9 Å². The number of aromatic nitrogens is 2. The molecule has 1 aliphatic rings. The zero-order valence-electron chi connectivity index (χ0n) is 22.4. The molecule has 0 fully saturated rings. The van der Waals surface area contributed by atoms with Gasteiger partial charge in [-0.25, -0.2) is 4.98 Å². The lowest BCUT2D eigenvalue weighted by Crippen LogP contribution is -2.03. The number of nitrogens with zero attached hydrogens (tertiary/aromatic N) is 2. The molecule has 0 saturated heterocycles. The van der Waals surface area contributed by atoms with Gasteiger partial charge < -0.3 is 0 Å². The molecule has 0 amide bonds. The predicted octanol–water partition coefficient (Wildman–Crippen LogP) is 10.1. The highest BCUT2D eigenvalue weighted by molar-refractivity contribution is 6.28. The molecule has 0 saturated carbocycles. The quantitative estimate of drug-likeness (QED) is 0.230. The van der Waals surface area contributed by atoms with Gasteiger partial charge in [0.25, 0.3) is 0 Å². The summed E-state index contributed by atoms with van der Waals surface area (Å²) in [5, 5.41) is 7.60. The minimum atomic E-state index is 0.555. The zero-order chi connectivity index (χ0) is 26.6. The van der Waals surface area contributed by atoms with E-state index < -0.39 is 0 Å². The second-order valence-electron chi connectivity index (χ2n) is 10.9. The molecule has 7 aromatic rings. The summed E-state index contributed by atoms with van der Waals surface area (Å²) < 4.78 is 2.37. The summed E-state index contributed by atoms with van der Waals surface area (Å²) in [5.41, 5.74) is 6.92. The largest absolute Gasteiger partial charge is 0.294 e. The second-order valence-corrected chi connectivity index (χ2v) is 10.9. The maximum absolute atomic E-state index is 5.35. The molecule has 1 unspecified atom stereocenters. The van der Waals surface area contributed by atoms with Gasteiger partial charge in [0.2, 0.25) is 0 Å². The fraction of sp³-hybridized carbons (Fsp3) is 0.0789. The highest BCUT2D eigenvalue weighted by Crippen LogP contribution is 2.41. The van der Waals surface area contributed by atoms with E-state index in [1.807, 2.05) is 0 Å². The Labute approximate surface area is 233 Å². The highest BCUT2D eigenvalue weighted by atomic mass is 15.1. The SMILES string of the molecule is CC1C=CC(c2cc(-c3ccccc3)cc(-n3c4ccc5ccccc5c4c4c5ccccc5ccc43)n2)=CC1. The summed E-state index contributed by atoms with van der Waals surface area (Å²) in [6, 6.07) is 41.6. The Kier molecular flexibility index (Phi) is 5.21. The Morgan fingerprint density at radius 1 is 0.650 bits per heavy atom. The Morgan fingerprint density at radius 2 is 1.27 bits per heavy atom. The Morgan fingerprint density at radius 3 is 1.90 bits per heavy atom. The highest BCUT2D eigenvalue weighted by Gasteiger charge is 2.19. The van der Waals surface area contributed by atoms with Crippen LogP contribution in [0.4, 0.5) is 0 Å². The lowest BCUT2D eigenvalue weighted by molar-refractivity contribution is 0.738. The molecule has 0 aliphatic heterocycles. The van der Waals surface area contributed by atoms with Crippen molar-refractivity contribution in [2.45, 2.75) is 13.3 Å². The van der Waals surface area contributed by atoms with Gasteiger partial charge in [0, 0.05) is 10.8 Å². The average molecular weight is 513 g/mol. The van der Waals surface area contributed by atoms with Crippen LogP contribution in [0.5, 0.6) is 0 Å². The van der Waals surface area contributed by atoms with Crippen molar-refractivity contribution in [2.24, 2.45) is 5.92 Å². The molecule has 2 aromatic heterocycles. The van der Waals surface area contributed by atoms with Gasteiger partial charge in [0.1, 0.15) is 5.82 Å². The first-order chi connectivity index (χ1) is 19.7. The normalized spacial score (nSPS) is 15.3. The van der Waals surface area contributed by atoms with Gasteiger partial charge in [-0.2, -0.15) is 0 Å². The van der Waals surface area contributed by atoms with Crippen LogP contribution in [0.3, 0.4) is 0 Å². The number of hydrogen-bond donors (Lipinski definition) is 0. The van der Waals surface area contributed by atoms with Crippen molar-refractivity contribution in [2.75, 3.05) is 0 Å². The summed E-state index contributed by atoms with van der Waals surface area (Å²) in [4.78, 5) is 5.35. The van der Waals surface area contributed by atoms with Gasteiger partial charge in [-0.3, -0.25) is 4.57 Å². The molecular formula is C38H28N2. The van der Waals surface area contributed by atoms with Crippen LogP contribution in [-0.4, -0.2) is 9.55 Å². The molecule has 5 aromatic carbocycles. The summed E-state index contributed by atoms with van der Waals surface area (Å²) in [7, 11) is 0. The van der Waals surface area contributed by atoms with Gasteiger partial charge in [-0.15, -0.1) is 0 Å². The van der Waals surface area contributed by atoms with E-state index in [4.69, 9.17) is 4.98 Å². The monoisotopic (exact) mass is 512 g/mol. The molecule has 0 radical (unpaired) electrons. The lowest BCUT2D eigenvalue weighted by Gasteiger charge is -2.16. The fourth-order valence-corrected chi connectivity index (χ4v) is 6.29. The lowest BCUT2D eigenvalue weighted by atomic mass is 9.95. The van der Waals surface area contributed by atoms with Crippen LogP contribution >= 0.6 is 0 Å². The summed E-state index contributed by atoms with van der Waals surface area (Å²) >= 11 is 0. The first-order valence-corrected chi connectivity index (χ1v) is 14.0. The molecule has 40 heavy (non-hydrogen) atoms. The maximum Gasteiger partial charge on any atom is 0.138 e. The fourth-order valence-electron chi connectivity index (χ4n) is 6.29. The Hall–Kier alpha value is -4.95.